The summed E-state index contributed by atoms with van der Waals surface area (Å²) in [6.07, 6.45) is 1.88. The van der Waals surface area contributed by atoms with Gasteiger partial charge in [0.05, 0.1) is 0 Å². The molecule has 6 nitrogen and oxygen atoms in total. The number of anilines is 1. The number of carboxylic acid groups (broad SMARTS) is 1. The van der Waals surface area contributed by atoms with Gasteiger partial charge >= 0.3 is 5.97 Å². The molecule has 122 valence electrons. The minimum atomic E-state index is -1.12. The van der Waals surface area contributed by atoms with Gasteiger partial charge in [0, 0.05) is 11.7 Å². The van der Waals surface area contributed by atoms with Crippen LogP contribution in [0.5, 0.6) is 0 Å². The average Bonchev–Trinajstić information content (AvgIpc) is 2.43. The molecule has 2 N–H and O–H groups in total. The van der Waals surface area contributed by atoms with E-state index in [-0.39, 0.29) is 11.0 Å². The van der Waals surface area contributed by atoms with Crippen molar-refractivity contribution in [3.05, 3.63) is 57.6 Å². The highest BCUT2D eigenvalue weighted by atomic mass is 35.5. The summed E-state index contributed by atoms with van der Waals surface area (Å²) in [5, 5.41) is 12.0. The Morgan fingerprint density at radius 1 is 1.35 bits per heavy atom. The Morgan fingerprint density at radius 2 is 2.00 bits per heavy atom. The van der Waals surface area contributed by atoms with Crippen LogP contribution < -0.4 is 10.9 Å². The monoisotopic (exact) mass is 335 g/mol. The Bertz CT molecular complexity index is 757. The Balaban J connectivity index is 2.26. The van der Waals surface area contributed by atoms with Gasteiger partial charge in [-0.3, -0.25) is 14.2 Å². The topological polar surface area (TPSA) is 84.2 Å². The number of carboxylic acids is 1. The molecule has 23 heavy (non-hydrogen) atoms. The van der Waals surface area contributed by atoms with E-state index >= 15 is 0 Å². The fraction of sp³-hybridized carbons (Fsp3) is 0.312. The van der Waals surface area contributed by atoms with Crippen molar-refractivity contribution < 1.29 is 9.90 Å². The number of halogens is 1. The van der Waals surface area contributed by atoms with Gasteiger partial charge in [0.1, 0.15) is 11.7 Å². The molecule has 0 saturated heterocycles. The van der Waals surface area contributed by atoms with E-state index in [1.54, 1.807) is 0 Å². The van der Waals surface area contributed by atoms with Crippen molar-refractivity contribution in [1.82, 2.24) is 9.55 Å². The van der Waals surface area contributed by atoms with Crippen molar-refractivity contribution in [2.45, 2.75) is 32.4 Å². The summed E-state index contributed by atoms with van der Waals surface area (Å²) in [6.45, 7) is 3.40. The molecule has 0 aliphatic heterocycles. The van der Waals surface area contributed by atoms with Crippen LogP contribution >= 0.6 is 11.6 Å². The van der Waals surface area contributed by atoms with Gasteiger partial charge in [0.25, 0.3) is 5.56 Å². The number of aromatic nitrogens is 2. The van der Waals surface area contributed by atoms with Gasteiger partial charge in [-0.15, -0.1) is 0 Å². The van der Waals surface area contributed by atoms with Gasteiger partial charge < -0.3 is 10.4 Å². The molecule has 0 spiro atoms. The quantitative estimate of drug-likeness (QED) is 0.847. The summed E-state index contributed by atoms with van der Waals surface area (Å²) in [4.78, 5) is 27.1. The van der Waals surface area contributed by atoms with E-state index in [0.29, 0.717) is 6.42 Å². The van der Waals surface area contributed by atoms with Crippen LogP contribution in [-0.4, -0.2) is 26.2 Å². The largest absolute Gasteiger partial charge is 0.480 e. The van der Waals surface area contributed by atoms with E-state index in [1.165, 1.54) is 6.20 Å². The molecule has 0 saturated carbocycles. The molecule has 0 fully saturated rings. The van der Waals surface area contributed by atoms with Crippen LogP contribution in [0.2, 0.25) is 5.15 Å². The zero-order valence-electron chi connectivity index (χ0n) is 12.9. The molecule has 1 aromatic heterocycles. The van der Waals surface area contributed by atoms with E-state index < -0.39 is 23.6 Å². The standard InChI is InChI=1S/C16H18ClN3O3/c1-16(2,8-11-6-4-3-5-7-11)19-14-15(23)20(10-13(21)22)9-12(17)18-14/h3-7,9H,8,10H2,1-2H3,(H,18,19)(H,21,22). The average molecular weight is 336 g/mol. The maximum atomic E-state index is 12.3. The molecule has 0 bridgehead atoms. The van der Waals surface area contributed by atoms with Crippen LogP contribution in [0.15, 0.2) is 41.3 Å². The van der Waals surface area contributed by atoms with Crippen molar-refractivity contribution in [2.75, 3.05) is 5.32 Å². The van der Waals surface area contributed by atoms with Gasteiger partial charge in [-0.05, 0) is 25.8 Å². The van der Waals surface area contributed by atoms with Gasteiger partial charge in [-0.25, -0.2) is 4.98 Å². The summed E-state index contributed by atoms with van der Waals surface area (Å²) in [5.74, 6) is -1.08. The zero-order chi connectivity index (χ0) is 17.0. The molecule has 0 unspecified atom stereocenters. The second-order valence-electron chi connectivity index (χ2n) is 5.91. The second-order valence-corrected chi connectivity index (χ2v) is 6.30. The molecule has 1 heterocycles. The fourth-order valence-corrected chi connectivity index (χ4v) is 2.52. The SMILES string of the molecule is CC(C)(Cc1ccccc1)Nc1nc(Cl)cn(CC(=O)O)c1=O. The number of aliphatic carboxylic acids is 1. The first-order valence-corrected chi connectivity index (χ1v) is 7.45. The van der Waals surface area contributed by atoms with Gasteiger partial charge in [0.15, 0.2) is 5.82 Å². The molecular formula is C16H18ClN3O3. The lowest BCUT2D eigenvalue weighted by molar-refractivity contribution is -0.137. The number of hydrogen-bond donors (Lipinski definition) is 2. The van der Waals surface area contributed by atoms with Crippen LogP contribution in [0.1, 0.15) is 19.4 Å². The number of nitrogens with zero attached hydrogens (tertiary/aromatic N) is 2. The van der Waals surface area contributed by atoms with Crippen molar-refractivity contribution in [1.29, 1.82) is 0 Å². The van der Waals surface area contributed by atoms with Crippen molar-refractivity contribution in [2.24, 2.45) is 0 Å². The number of nitrogens with one attached hydrogen (secondary N) is 1. The van der Waals surface area contributed by atoms with E-state index in [9.17, 15) is 9.59 Å². The minimum absolute atomic E-state index is 0.0414. The highest BCUT2D eigenvalue weighted by Gasteiger charge is 2.21. The van der Waals surface area contributed by atoms with Gasteiger partial charge in [0.2, 0.25) is 0 Å². The lowest BCUT2D eigenvalue weighted by Gasteiger charge is -2.27. The molecule has 0 atom stereocenters. The van der Waals surface area contributed by atoms with Gasteiger partial charge in [-0.2, -0.15) is 0 Å². The lowest BCUT2D eigenvalue weighted by atomic mass is 9.95. The number of benzene rings is 1. The molecule has 0 radical (unpaired) electrons. The van der Waals surface area contributed by atoms with E-state index in [4.69, 9.17) is 16.7 Å². The van der Waals surface area contributed by atoms with Crippen LogP contribution in [0.3, 0.4) is 0 Å². The normalized spacial score (nSPS) is 11.3. The third-order valence-corrected chi connectivity index (χ3v) is 3.38. The number of rotatable bonds is 6. The molecule has 0 aliphatic rings. The van der Waals surface area contributed by atoms with E-state index in [2.05, 4.69) is 10.3 Å². The Morgan fingerprint density at radius 3 is 2.61 bits per heavy atom. The highest BCUT2D eigenvalue weighted by Crippen LogP contribution is 2.17. The number of hydrogen-bond acceptors (Lipinski definition) is 4. The maximum absolute atomic E-state index is 12.3. The fourth-order valence-electron chi connectivity index (χ4n) is 2.32. The van der Waals surface area contributed by atoms with E-state index in [1.807, 2.05) is 44.2 Å². The molecular weight excluding hydrogens is 318 g/mol. The lowest BCUT2D eigenvalue weighted by Crippen LogP contribution is -2.38. The smallest absolute Gasteiger partial charge is 0.323 e. The molecule has 0 amide bonds. The van der Waals surface area contributed by atoms with Crippen LogP contribution in [0, 0.1) is 0 Å². The highest BCUT2D eigenvalue weighted by molar-refractivity contribution is 6.29. The van der Waals surface area contributed by atoms with Crippen LogP contribution in [0.25, 0.3) is 0 Å². The molecule has 2 rings (SSSR count). The van der Waals surface area contributed by atoms with Crippen molar-refractivity contribution in [3.63, 3.8) is 0 Å². The van der Waals surface area contributed by atoms with Crippen molar-refractivity contribution in [3.8, 4) is 0 Å². The van der Waals surface area contributed by atoms with E-state index in [0.717, 1.165) is 10.1 Å². The van der Waals surface area contributed by atoms with Crippen LogP contribution in [0.4, 0.5) is 5.82 Å². The summed E-state index contributed by atoms with van der Waals surface area (Å²) in [7, 11) is 0. The molecule has 2 aromatic rings. The maximum Gasteiger partial charge on any atom is 0.323 e. The molecule has 1 aromatic carbocycles. The molecule has 7 heteroatoms. The third kappa shape index (κ3) is 4.82. The summed E-state index contributed by atoms with van der Waals surface area (Å²) >= 11 is 5.89. The first kappa shape index (κ1) is 17.0. The Labute approximate surface area is 138 Å². The minimum Gasteiger partial charge on any atom is -0.480 e. The summed E-state index contributed by atoms with van der Waals surface area (Å²) in [6, 6.07) is 9.83. The summed E-state index contributed by atoms with van der Waals surface area (Å²) < 4.78 is 1.03. The van der Waals surface area contributed by atoms with Crippen LogP contribution in [-0.2, 0) is 17.8 Å². The first-order valence-electron chi connectivity index (χ1n) is 7.08. The van der Waals surface area contributed by atoms with Crippen molar-refractivity contribution >= 4 is 23.4 Å². The second kappa shape index (κ2) is 6.83. The Kier molecular flexibility index (Phi) is 5.05. The predicted octanol–water partition coefficient (Wildman–Crippen LogP) is 2.41. The Hall–Kier alpha value is -2.34. The third-order valence-electron chi connectivity index (χ3n) is 3.20. The first-order chi connectivity index (χ1) is 10.8. The number of carbonyl (C=O) groups is 1. The predicted molar refractivity (Wildman–Crippen MR) is 89.0 cm³/mol. The summed E-state index contributed by atoms with van der Waals surface area (Å²) in [5.41, 5.74) is 0.134. The zero-order valence-corrected chi connectivity index (χ0v) is 13.7. The van der Waals surface area contributed by atoms with Gasteiger partial charge in [-0.1, -0.05) is 41.9 Å². The molecule has 0 aliphatic carbocycles.